The maximum atomic E-state index is 12.2. The van der Waals surface area contributed by atoms with Gasteiger partial charge in [-0.25, -0.2) is 4.68 Å². The molecule has 2 aromatic rings. The van der Waals surface area contributed by atoms with Crippen LogP contribution in [0.3, 0.4) is 0 Å². The number of aromatic nitrogens is 2. The van der Waals surface area contributed by atoms with E-state index >= 15 is 0 Å². The van der Waals surface area contributed by atoms with Crippen LogP contribution in [0, 0.1) is 0 Å². The molecule has 0 radical (unpaired) electrons. The standard InChI is InChI=1S/C15H15Cl2N3O2/c1-2-3-8-20-14(21)7-6-13(19-20)15(22)18-12-5-4-10(16)9-11(12)17/h4-7,9H,2-3,8H2,1H3,(H,18,22). The summed E-state index contributed by atoms with van der Waals surface area (Å²) in [5.41, 5.74) is 0.361. The highest BCUT2D eigenvalue weighted by molar-refractivity contribution is 6.36. The number of anilines is 1. The van der Waals surface area contributed by atoms with Crippen molar-refractivity contribution in [2.24, 2.45) is 0 Å². The van der Waals surface area contributed by atoms with E-state index in [-0.39, 0.29) is 11.3 Å². The number of amides is 1. The van der Waals surface area contributed by atoms with Gasteiger partial charge < -0.3 is 5.32 Å². The van der Waals surface area contributed by atoms with Crippen molar-refractivity contribution in [3.8, 4) is 0 Å². The molecular formula is C15H15Cl2N3O2. The molecule has 0 aliphatic rings. The highest BCUT2D eigenvalue weighted by Crippen LogP contribution is 2.25. The van der Waals surface area contributed by atoms with E-state index < -0.39 is 5.91 Å². The van der Waals surface area contributed by atoms with Gasteiger partial charge in [-0.2, -0.15) is 5.10 Å². The minimum absolute atomic E-state index is 0.154. The van der Waals surface area contributed by atoms with E-state index in [1.54, 1.807) is 12.1 Å². The molecule has 0 saturated carbocycles. The lowest BCUT2D eigenvalue weighted by Gasteiger charge is -2.09. The van der Waals surface area contributed by atoms with Crippen molar-refractivity contribution >= 4 is 34.8 Å². The Kier molecular flexibility index (Phi) is 5.57. The molecule has 2 rings (SSSR count). The van der Waals surface area contributed by atoms with Gasteiger partial charge >= 0.3 is 0 Å². The van der Waals surface area contributed by atoms with Crippen LogP contribution in [0.2, 0.25) is 10.0 Å². The van der Waals surface area contributed by atoms with Crippen molar-refractivity contribution in [3.63, 3.8) is 0 Å². The third-order valence-electron chi connectivity index (χ3n) is 3.00. The van der Waals surface area contributed by atoms with Gasteiger partial charge in [0.15, 0.2) is 0 Å². The number of nitrogens with one attached hydrogen (secondary N) is 1. The molecule has 0 saturated heterocycles. The second-order valence-electron chi connectivity index (χ2n) is 4.71. The van der Waals surface area contributed by atoms with Gasteiger partial charge in [-0.3, -0.25) is 9.59 Å². The number of carbonyl (C=O) groups excluding carboxylic acids is 1. The zero-order valence-corrected chi connectivity index (χ0v) is 13.5. The smallest absolute Gasteiger partial charge is 0.276 e. The maximum Gasteiger partial charge on any atom is 0.276 e. The second-order valence-corrected chi connectivity index (χ2v) is 5.56. The van der Waals surface area contributed by atoms with Crippen LogP contribution >= 0.6 is 23.2 Å². The van der Waals surface area contributed by atoms with Crippen LogP contribution in [-0.2, 0) is 6.54 Å². The molecule has 0 atom stereocenters. The molecule has 7 heteroatoms. The number of nitrogens with zero attached hydrogens (tertiary/aromatic N) is 2. The molecule has 1 aromatic carbocycles. The third kappa shape index (κ3) is 4.08. The van der Waals surface area contributed by atoms with Crippen molar-refractivity contribution in [2.75, 3.05) is 5.32 Å². The zero-order valence-electron chi connectivity index (χ0n) is 12.0. The predicted octanol–water partition coefficient (Wildman–Crippen LogP) is 3.60. The Morgan fingerprint density at radius 3 is 2.73 bits per heavy atom. The summed E-state index contributed by atoms with van der Waals surface area (Å²) in [7, 11) is 0. The Morgan fingerprint density at radius 1 is 1.27 bits per heavy atom. The topological polar surface area (TPSA) is 64.0 Å². The van der Waals surface area contributed by atoms with Gasteiger partial charge in [-0.15, -0.1) is 0 Å². The summed E-state index contributed by atoms with van der Waals surface area (Å²) < 4.78 is 1.29. The lowest BCUT2D eigenvalue weighted by Crippen LogP contribution is -2.26. The normalized spacial score (nSPS) is 10.5. The molecule has 1 heterocycles. The quantitative estimate of drug-likeness (QED) is 0.904. The molecule has 0 aliphatic heterocycles. The number of halogens is 2. The number of rotatable bonds is 5. The van der Waals surface area contributed by atoms with Gasteiger partial charge in [0.25, 0.3) is 11.5 Å². The fourth-order valence-electron chi connectivity index (χ4n) is 1.82. The summed E-state index contributed by atoms with van der Waals surface area (Å²) in [6.07, 6.45) is 1.76. The summed E-state index contributed by atoms with van der Waals surface area (Å²) in [5.74, 6) is -0.436. The summed E-state index contributed by atoms with van der Waals surface area (Å²) >= 11 is 11.8. The van der Waals surface area contributed by atoms with Gasteiger partial charge in [-0.05, 0) is 30.7 Å². The van der Waals surface area contributed by atoms with Crippen LogP contribution in [-0.4, -0.2) is 15.7 Å². The fourth-order valence-corrected chi connectivity index (χ4v) is 2.27. The lowest BCUT2D eigenvalue weighted by atomic mass is 10.3. The summed E-state index contributed by atoms with van der Waals surface area (Å²) in [4.78, 5) is 23.9. The Labute approximate surface area is 137 Å². The molecule has 5 nitrogen and oxygen atoms in total. The van der Waals surface area contributed by atoms with Crippen molar-refractivity contribution in [3.05, 3.63) is 56.4 Å². The first-order valence-corrected chi connectivity index (χ1v) is 7.61. The van der Waals surface area contributed by atoms with Gasteiger partial charge in [-0.1, -0.05) is 36.5 Å². The van der Waals surface area contributed by atoms with E-state index in [9.17, 15) is 9.59 Å². The number of aryl methyl sites for hydroxylation is 1. The van der Waals surface area contributed by atoms with Gasteiger partial charge in [0.1, 0.15) is 5.69 Å². The number of hydrogen-bond acceptors (Lipinski definition) is 3. The van der Waals surface area contributed by atoms with E-state index in [1.807, 2.05) is 6.92 Å². The van der Waals surface area contributed by atoms with Gasteiger partial charge in [0.05, 0.1) is 10.7 Å². The first-order valence-electron chi connectivity index (χ1n) is 6.86. The summed E-state index contributed by atoms with van der Waals surface area (Å²) in [6.45, 7) is 2.50. The van der Waals surface area contributed by atoms with Crippen molar-refractivity contribution in [1.29, 1.82) is 0 Å². The van der Waals surface area contributed by atoms with Crippen LogP contribution in [0.4, 0.5) is 5.69 Å². The van der Waals surface area contributed by atoms with E-state index in [2.05, 4.69) is 10.4 Å². The van der Waals surface area contributed by atoms with Crippen LogP contribution in [0.15, 0.2) is 35.1 Å². The van der Waals surface area contributed by atoms with E-state index in [0.717, 1.165) is 12.8 Å². The third-order valence-corrected chi connectivity index (χ3v) is 3.55. The molecule has 0 spiro atoms. The monoisotopic (exact) mass is 339 g/mol. The Hall–Kier alpha value is -1.85. The minimum Gasteiger partial charge on any atom is -0.319 e. The molecule has 116 valence electrons. The van der Waals surface area contributed by atoms with Gasteiger partial charge in [0, 0.05) is 17.6 Å². The number of hydrogen-bond donors (Lipinski definition) is 1. The lowest BCUT2D eigenvalue weighted by molar-refractivity contribution is 0.101. The fraction of sp³-hybridized carbons (Fsp3) is 0.267. The summed E-state index contributed by atoms with van der Waals surface area (Å²) in [6, 6.07) is 7.49. The summed E-state index contributed by atoms with van der Waals surface area (Å²) in [5, 5.41) is 7.54. The molecular weight excluding hydrogens is 325 g/mol. The molecule has 0 unspecified atom stereocenters. The molecule has 1 aromatic heterocycles. The van der Waals surface area contributed by atoms with E-state index in [1.165, 1.54) is 22.9 Å². The average Bonchev–Trinajstić information content (AvgIpc) is 2.49. The zero-order chi connectivity index (χ0) is 16.1. The molecule has 1 N–H and O–H groups in total. The highest BCUT2D eigenvalue weighted by Gasteiger charge is 2.12. The van der Waals surface area contributed by atoms with Crippen molar-refractivity contribution in [2.45, 2.75) is 26.3 Å². The average molecular weight is 340 g/mol. The van der Waals surface area contributed by atoms with Crippen LogP contribution in [0.1, 0.15) is 30.3 Å². The SMILES string of the molecule is CCCCn1nc(C(=O)Nc2ccc(Cl)cc2Cl)ccc1=O. The largest absolute Gasteiger partial charge is 0.319 e. The number of carbonyl (C=O) groups is 1. The molecule has 22 heavy (non-hydrogen) atoms. The van der Waals surface area contributed by atoms with Crippen molar-refractivity contribution in [1.82, 2.24) is 9.78 Å². The van der Waals surface area contributed by atoms with Crippen LogP contribution < -0.4 is 10.9 Å². The van der Waals surface area contributed by atoms with Gasteiger partial charge in [0.2, 0.25) is 0 Å². The Bertz CT molecular complexity index is 744. The second kappa shape index (κ2) is 7.42. The highest BCUT2D eigenvalue weighted by atomic mass is 35.5. The first-order chi connectivity index (χ1) is 10.5. The minimum atomic E-state index is -0.436. The van der Waals surface area contributed by atoms with E-state index in [0.29, 0.717) is 22.3 Å². The number of benzene rings is 1. The van der Waals surface area contributed by atoms with Crippen LogP contribution in [0.5, 0.6) is 0 Å². The molecule has 1 amide bonds. The Morgan fingerprint density at radius 2 is 2.05 bits per heavy atom. The maximum absolute atomic E-state index is 12.2. The molecule has 0 bridgehead atoms. The first kappa shape index (κ1) is 16.5. The molecule has 0 fully saturated rings. The van der Waals surface area contributed by atoms with Crippen LogP contribution in [0.25, 0.3) is 0 Å². The Balaban J connectivity index is 2.20. The predicted molar refractivity (Wildman–Crippen MR) is 87.8 cm³/mol. The number of unbranched alkanes of at least 4 members (excludes halogenated alkanes) is 1. The van der Waals surface area contributed by atoms with Crippen molar-refractivity contribution < 1.29 is 4.79 Å². The molecule has 0 aliphatic carbocycles. The van der Waals surface area contributed by atoms with E-state index in [4.69, 9.17) is 23.2 Å².